The zero-order valence-corrected chi connectivity index (χ0v) is 24.4. The van der Waals surface area contributed by atoms with Crippen LogP contribution >= 0.6 is 0 Å². The van der Waals surface area contributed by atoms with Crippen molar-refractivity contribution in [2.75, 3.05) is 0 Å². The number of hydrogen-bond acceptors (Lipinski definition) is 8. The number of carbonyl (C=O) groups excluding carboxylic acids is 2. The molecule has 0 spiro atoms. The molecule has 0 aliphatic heterocycles. The Morgan fingerprint density at radius 2 is 1.13 bits per heavy atom. The molecule has 0 aliphatic carbocycles. The summed E-state index contributed by atoms with van der Waals surface area (Å²) in [5.74, 6) is -1.32. The van der Waals surface area contributed by atoms with E-state index >= 15 is 0 Å². The van der Waals surface area contributed by atoms with Crippen LogP contribution in [-0.2, 0) is 0 Å². The van der Waals surface area contributed by atoms with E-state index < -0.39 is 22.5 Å². The van der Waals surface area contributed by atoms with Crippen molar-refractivity contribution in [2.45, 2.75) is 13.8 Å². The van der Waals surface area contributed by atoms with Gasteiger partial charge in [0.1, 0.15) is 17.1 Å². The molecule has 45 heavy (non-hydrogen) atoms. The Morgan fingerprint density at radius 1 is 0.644 bits per heavy atom. The molecule has 5 rings (SSSR count). The van der Waals surface area contributed by atoms with Crippen LogP contribution in [0.15, 0.2) is 125 Å². The molecule has 0 N–H and O–H groups in total. The van der Waals surface area contributed by atoms with E-state index in [2.05, 4.69) is 9.98 Å². The molecule has 222 valence electrons. The van der Waals surface area contributed by atoms with E-state index in [0.717, 1.165) is 39.7 Å². The van der Waals surface area contributed by atoms with Crippen LogP contribution in [0.1, 0.15) is 43.0 Å². The highest BCUT2D eigenvalue weighted by Gasteiger charge is 2.25. The number of benzene rings is 5. The maximum Gasteiger partial charge on any atom is 0.350 e. The summed E-state index contributed by atoms with van der Waals surface area (Å²) in [5, 5.41) is 11.8. The predicted molar refractivity (Wildman–Crippen MR) is 173 cm³/mol. The maximum atomic E-state index is 12.9. The largest absolute Gasteiger partial charge is 0.423 e. The number of nitro groups is 1. The average molecular weight is 598 g/mol. The summed E-state index contributed by atoms with van der Waals surface area (Å²) in [6.45, 7) is 3.97. The fourth-order valence-corrected chi connectivity index (χ4v) is 4.27. The van der Waals surface area contributed by atoms with Crippen molar-refractivity contribution in [3.63, 3.8) is 0 Å². The van der Waals surface area contributed by atoms with E-state index in [-0.39, 0.29) is 22.6 Å². The highest BCUT2D eigenvalue weighted by molar-refractivity contribution is 5.98. The molecule has 9 nitrogen and oxygen atoms in total. The SMILES string of the molecule is Cc1cccc(N=Cc2ccc(OC(=O)c3ccc(C(=O)Oc4ccc(C=Nc5cccc(C)c5)cc4)c([N+](=O)[O-])c3)cc2)c1. The van der Waals surface area contributed by atoms with Crippen LogP contribution in [0.4, 0.5) is 17.1 Å². The van der Waals surface area contributed by atoms with Crippen molar-refractivity contribution in [1.82, 2.24) is 0 Å². The normalized spacial score (nSPS) is 11.1. The molecular weight excluding hydrogens is 570 g/mol. The van der Waals surface area contributed by atoms with Gasteiger partial charge in [0.25, 0.3) is 5.69 Å². The van der Waals surface area contributed by atoms with Crippen LogP contribution in [0.25, 0.3) is 0 Å². The van der Waals surface area contributed by atoms with Crippen molar-refractivity contribution in [1.29, 1.82) is 0 Å². The van der Waals surface area contributed by atoms with E-state index in [0.29, 0.717) is 0 Å². The molecule has 0 amide bonds. The third-order valence-electron chi connectivity index (χ3n) is 6.56. The highest BCUT2D eigenvalue weighted by atomic mass is 16.6. The number of nitro benzene ring substituents is 1. The van der Waals surface area contributed by atoms with Gasteiger partial charge in [0, 0.05) is 18.5 Å². The van der Waals surface area contributed by atoms with Gasteiger partial charge < -0.3 is 9.47 Å². The number of aryl methyl sites for hydroxylation is 2. The molecule has 5 aromatic rings. The molecule has 0 unspecified atom stereocenters. The first-order chi connectivity index (χ1) is 21.7. The van der Waals surface area contributed by atoms with Crippen LogP contribution in [0.3, 0.4) is 0 Å². The monoisotopic (exact) mass is 597 g/mol. The fraction of sp³-hybridized carbons (Fsp3) is 0.0556. The predicted octanol–water partition coefficient (Wildman–Crippen LogP) is 8.15. The van der Waals surface area contributed by atoms with Gasteiger partial charge in [0.05, 0.1) is 21.9 Å². The Morgan fingerprint density at radius 3 is 1.60 bits per heavy atom. The Bertz CT molecular complexity index is 1930. The molecule has 0 saturated carbocycles. The second-order valence-corrected chi connectivity index (χ2v) is 10.1. The Kier molecular flexibility index (Phi) is 9.30. The third kappa shape index (κ3) is 8.20. The summed E-state index contributed by atoms with van der Waals surface area (Å²) in [6.07, 6.45) is 3.37. The van der Waals surface area contributed by atoms with Crippen LogP contribution in [-0.4, -0.2) is 29.3 Å². The Hall–Kier alpha value is -6.22. The van der Waals surface area contributed by atoms with Gasteiger partial charge in [-0.3, -0.25) is 20.1 Å². The number of ether oxygens (including phenoxy) is 2. The minimum Gasteiger partial charge on any atom is -0.423 e. The highest BCUT2D eigenvalue weighted by Crippen LogP contribution is 2.25. The summed E-state index contributed by atoms with van der Waals surface area (Å²) in [5.41, 5.74) is 4.40. The van der Waals surface area contributed by atoms with Gasteiger partial charge in [-0.05, 0) is 121 Å². The fourth-order valence-electron chi connectivity index (χ4n) is 4.27. The smallest absolute Gasteiger partial charge is 0.350 e. The first kappa shape index (κ1) is 30.2. The van der Waals surface area contributed by atoms with Gasteiger partial charge in [0.2, 0.25) is 0 Å². The van der Waals surface area contributed by atoms with Crippen molar-refractivity contribution in [3.05, 3.63) is 159 Å². The van der Waals surface area contributed by atoms with Gasteiger partial charge in [0.15, 0.2) is 0 Å². The zero-order chi connectivity index (χ0) is 31.8. The molecule has 0 bridgehead atoms. The number of hydrogen-bond donors (Lipinski definition) is 0. The van der Waals surface area contributed by atoms with Gasteiger partial charge in [-0.1, -0.05) is 24.3 Å². The molecule has 0 heterocycles. The van der Waals surface area contributed by atoms with E-state index in [4.69, 9.17) is 9.47 Å². The lowest BCUT2D eigenvalue weighted by Crippen LogP contribution is -2.14. The molecule has 0 radical (unpaired) electrons. The summed E-state index contributed by atoms with van der Waals surface area (Å²) < 4.78 is 10.8. The van der Waals surface area contributed by atoms with Crippen LogP contribution in [0.2, 0.25) is 0 Å². The molecule has 5 aromatic carbocycles. The van der Waals surface area contributed by atoms with Crippen molar-refractivity contribution >= 4 is 41.4 Å². The maximum absolute atomic E-state index is 12.9. The van der Waals surface area contributed by atoms with E-state index in [9.17, 15) is 19.7 Å². The first-order valence-electron chi connectivity index (χ1n) is 13.9. The topological polar surface area (TPSA) is 120 Å². The van der Waals surface area contributed by atoms with Gasteiger partial charge in [-0.15, -0.1) is 0 Å². The van der Waals surface area contributed by atoms with Crippen LogP contribution in [0, 0.1) is 24.0 Å². The number of aliphatic imine (C=N–C) groups is 2. The minimum atomic E-state index is -0.939. The summed E-state index contributed by atoms with van der Waals surface area (Å²) in [6, 6.07) is 32.1. The quantitative estimate of drug-likeness (QED) is 0.0556. The number of nitrogens with zero attached hydrogens (tertiary/aromatic N) is 3. The van der Waals surface area contributed by atoms with Crippen LogP contribution in [0.5, 0.6) is 11.5 Å². The zero-order valence-electron chi connectivity index (χ0n) is 24.4. The summed E-state index contributed by atoms with van der Waals surface area (Å²) >= 11 is 0. The average Bonchev–Trinajstić information content (AvgIpc) is 3.04. The van der Waals surface area contributed by atoms with Gasteiger partial charge in [-0.25, -0.2) is 9.59 Å². The molecule has 0 saturated heterocycles. The molecule has 0 aromatic heterocycles. The van der Waals surface area contributed by atoms with Crippen molar-refractivity contribution in [3.8, 4) is 11.5 Å². The number of rotatable bonds is 9. The van der Waals surface area contributed by atoms with Gasteiger partial charge >= 0.3 is 11.9 Å². The van der Waals surface area contributed by atoms with E-state index in [1.807, 2.05) is 62.4 Å². The van der Waals surface area contributed by atoms with Crippen LogP contribution < -0.4 is 9.47 Å². The molecule has 9 heteroatoms. The van der Waals surface area contributed by atoms with E-state index in [1.165, 1.54) is 12.1 Å². The molecular formula is C36H27N3O6. The Balaban J connectivity index is 1.23. The molecule has 0 aliphatic rings. The lowest BCUT2D eigenvalue weighted by atomic mass is 10.1. The minimum absolute atomic E-state index is 0.0967. The van der Waals surface area contributed by atoms with E-state index in [1.54, 1.807) is 61.0 Å². The number of carbonyl (C=O) groups is 2. The summed E-state index contributed by atoms with van der Waals surface area (Å²) in [7, 11) is 0. The molecule has 0 atom stereocenters. The Labute approximate surface area is 259 Å². The van der Waals surface area contributed by atoms with Gasteiger partial charge in [-0.2, -0.15) is 0 Å². The lowest BCUT2D eigenvalue weighted by Gasteiger charge is -2.08. The number of esters is 2. The van der Waals surface area contributed by atoms with Crippen molar-refractivity contribution < 1.29 is 24.0 Å². The lowest BCUT2D eigenvalue weighted by molar-refractivity contribution is -0.385. The third-order valence-corrected chi connectivity index (χ3v) is 6.56. The second kappa shape index (κ2) is 13.8. The van der Waals surface area contributed by atoms with Crippen molar-refractivity contribution in [2.24, 2.45) is 9.98 Å². The first-order valence-corrected chi connectivity index (χ1v) is 13.9. The standard InChI is InChI=1S/C36H27N3O6/c1-24-5-3-7-29(19-24)37-22-26-9-14-31(15-10-26)44-35(40)28-13-18-33(34(21-28)39(42)43)36(41)45-32-16-11-27(12-17-32)23-38-30-8-4-6-25(2)20-30/h3-23H,1-2H3. The second-order valence-electron chi connectivity index (χ2n) is 10.1. The molecule has 0 fully saturated rings. The summed E-state index contributed by atoms with van der Waals surface area (Å²) in [4.78, 5) is 45.6.